The van der Waals surface area contributed by atoms with Gasteiger partial charge in [0.1, 0.15) is 0 Å². The average molecular weight is 291 g/mol. The van der Waals surface area contributed by atoms with Crippen LogP contribution < -0.4 is 16.6 Å². The molecule has 1 aliphatic carbocycles. The zero-order valence-corrected chi connectivity index (χ0v) is 13.1. The van der Waals surface area contributed by atoms with E-state index in [9.17, 15) is 0 Å². The van der Waals surface area contributed by atoms with Gasteiger partial charge in [-0.05, 0) is 38.2 Å². The molecule has 0 heterocycles. The molecule has 118 valence electrons. The van der Waals surface area contributed by atoms with Crippen LogP contribution in [0.15, 0.2) is 48.1 Å². The van der Waals surface area contributed by atoms with Crippen LogP contribution in [0.4, 0.5) is 0 Å². The van der Waals surface area contributed by atoms with Crippen molar-refractivity contribution in [3.05, 3.63) is 48.1 Å². The van der Waals surface area contributed by atoms with E-state index < -0.39 is 0 Å². The Morgan fingerprint density at radius 3 is 3.10 bits per heavy atom. The second-order valence-electron chi connectivity index (χ2n) is 5.31. The van der Waals surface area contributed by atoms with Gasteiger partial charge in [0.05, 0.1) is 6.73 Å². The van der Waals surface area contributed by atoms with Crippen LogP contribution in [0.25, 0.3) is 0 Å². The summed E-state index contributed by atoms with van der Waals surface area (Å²) in [6, 6.07) is 0.442. The Bertz CT molecular complexity index is 385. The van der Waals surface area contributed by atoms with Gasteiger partial charge in [0.2, 0.25) is 0 Å². The number of unbranched alkanes of at least 4 members (excludes halogenated alkanes) is 1. The van der Waals surface area contributed by atoms with Gasteiger partial charge in [0.15, 0.2) is 0 Å². The predicted molar refractivity (Wildman–Crippen MR) is 89.6 cm³/mol. The highest BCUT2D eigenvalue weighted by molar-refractivity contribution is 5.35. The normalized spacial score (nSPS) is 18.8. The van der Waals surface area contributed by atoms with Crippen LogP contribution >= 0.6 is 0 Å². The van der Waals surface area contributed by atoms with E-state index >= 15 is 0 Å². The first-order valence-electron chi connectivity index (χ1n) is 7.69. The summed E-state index contributed by atoms with van der Waals surface area (Å²) in [6.07, 6.45) is 15.0. The zero-order valence-electron chi connectivity index (χ0n) is 13.1. The molecule has 1 atom stereocenters. The van der Waals surface area contributed by atoms with Crippen LogP contribution in [0.5, 0.6) is 0 Å². The van der Waals surface area contributed by atoms with E-state index in [-0.39, 0.29) is 0 Å². The molecule has 0 bridgehead atoms. The van der Waals surface area contributed by atoms with E-state index in [1.165, 1.54) is 5.57 Å². The van der Waals surface area contributed by atoms with Gasteiger partial charge < -0.3 is 10.5 Å². The molecule has 0 aromatic carbocycles. The first-order valence-corrected chi connectivity index (χ1v) is 7.69. The van der Waals surface area contributed by atoms with Gasteiger partial charge in [-0.25, -0.2) is 0 Å². The summed E-state index contributed by atoms with van der Waals surface area (Å²) in [5.41, 5.74) is 14.3. The van der Waals surface area contributed by atoms with E-state index in [2.05, 4.69) is 41.7 Å². The lowest BCUT2D eigenvalue weighted by Crippen LogP contribution is -2.40. The van der Waals surface area contributed by atoms with Gasteiger partial charge in [0, 0.05) is 19.2 Å². The Morgan fingerprint density at radius 1 is 1.48 bits per heavy atom. The number of nitrogens with one attached hydrogen (secondary N) is 2. The molecule has 1 rings (SSSR count). The number of nitrogens with two attached hydrogens (primary N) is 1. The van der Waals surface area contributed by atoms with Gasteiger partial charge in [0.25, 0.3) is 0 Å². The summed E-state index contributed by atoms with van der Waals surface area (Å²) < 4.78 is 5.10. The third-order valence-corrected chi connectivity index (χ3v) is 3.19. The van der Waals surface area contributed by atoms with Crippen molar-refractivity contribution in [1.29, 1.82) is 0 Å². The number of hydrogen-bond acceptors (Lipinski definition) is 4. The molecular weight excluding hydrogens is 262 g/mol. The lowest BCUT2D eigenvalue weighted by Gasteiger charge is -2.15. The fourth-order valence-electron chi connectivity index (χ4n) is 2.01. The second kappa shape index (κ2) is 11.5. The fraction of sp³-hybridized carbons (Fsp3) is 0.529. The van der Waals surface area contributed by atoms with Gasteiger partial charge in [-0.3, -0.25) is 10.9 Å². The van der Waals surface area contributed by atoms with Crippen LogP contribution in [0.2, 0.25) is 0 Å². The summed E-state index contributed by atoms with van der Waals surface area (Å²) in [5.74, 6) is 0. The lowest BCUT2D eigenvalue weighted by molar-refractivity contribution is 0.136. The maximum Gasteiger partial charge on any atom is 0.0940 e. The summed E-state index contributed by atoms with van der Waals surface area (Å²) in [7, 11) is 0. The zero-order chi connectivity index (χ0) is 15.3. The Hall–Kier alpha value is -1.20. The van der Waals surface area contributed by atoms with Crippen molar-refractivity contribution < 1.29 is 4.74 Å². The molecule has 0 aromatic heterocycles. The molecule has 0 saturated carbocycles. The minimum Gasteiger partial charge on any atom is -0.367 e. The van der Waals surface area contributed by atoms with Crippen molar-refractivity contribution in [2.24, 2.45) is 5.73 Å². The van der Waals surface area contributed by atoms with Gasteiger partial charge in [-0.1, -0.05) is 42.5 Å². The van der Waals surface area contributed by atoms with E-state index in [0.29, 0.717) is 12.8 Å². The number of allylic oxidation sites excluding steroid dienone is 5. The standard InChI is InChI=1S/C17H29N3O/c1-15(2)8-9-16-6-5-7-17(11-10-16)20-19-12-3-4-13-21-14-18/h5-6,8-10,17,19-20H,1,3-4,7,11-14,18H2,2H3. The third kappa shape index (κ3) is 9.37. The highest BCUT2D eigenvalue weighted by Crippen LogP contribution is 2.12. The number of hydrogen-bond donors (Lipinski definition) is 3. The molecule has 0 aliphatic heterocycles. The van der Waals surface area contributed by atoms with E-state index in [0.717, 1.165) is 44.4 Å². The molecule has 0 radical (unpaired) electrons. The van der Waals surface area contributed by atoms with Crippen molar-refractivity contribution in [2.45, 2.75) is 38.6 Å². The summed E-state index contributed by atoms with van der Waals surface area (Å²) >= 11 is 0. The molecular formula is C17H29N3O. The maximum absolute atomic E-state index is 5.26. The van der Waals surface area contributed by atoms with Crippen molar-refractivity contribution in [3.63, 3.8) is 0 Å². The highest BCUT2D eigenvalue weighted by atomic mass is 16.5. The van der Waals surface area contributed by atoms with Gasteiger partial charge in [-0.2, -0.15) is 0 Å². The van der Waals surface area contributed by atoms with Crippen molar-refractivity contribution in [2.75, 3.05) is 19.9 Å². The molecule has 21 heavy (non-hydrogen) atoms. The van der Waals surface area contributed by atoms with Crippen LogP contribution in [-0.2, 0) is 4.74 Å². The average Bonchev–Trinajstić information content (AvgIpc) is 2.69. The highest BCUT2D eigenvalue weighted by Gasteiger charge is 2.06. The van der Waals surface area contributed by atoms with Gasteiger partial charge in [-0.15, -0.1) is 0 Å². The first-order chi connectivity index (χ1) is 10.2. The van der Waals surface area contributed by atoms with E-state index in [4.69, 9.17) is 10.5 Å². The quantitative estimate of drug-likeness (QED) is 0.251. The molecule has 0 spiro atoms. The van der Waals surface area contributed by atoms with Gasteiger partial charge >= 0.3 is 0 Å². The van der Waals surface area contributed by atoms with E-state index in [1.54, 1.807) is 0 Å². The number of ether oxygens (including phenoxy) is 1. The van der Waals surface area contributed by atoms with E-state index in [1.807, 2.05) is 13.0 Å². The fourth-order valence-corrected chi connectivity index (χ4v) is 2.01. The monoisotopic (exact) mass is 291 g/mol. The SMILES string of the molecule is C=C(C)C=CC1=CCC(NNCCCCOCN)CC=C1. The summed E-state index contributed by atoms with van der Waals surface area (Å²) in [6.45, 7) is 7.88. The van der Waals surface area contributed by atoms with Crippen LogP contribution in [0.1, 0.15) is 32.6 Å². The molecule has 0 amide bonds. The molecule has 4 nitrogen and oxygen atoms in total. The maximum atomic E-state index is 5.26. The van der Waals surface area contributed by atoms with Crippen molar-refractivity contribution >= 4 is 0 Å². The summed E-state index contributed by atoms with van der Waals surface area (Å²) in [5, 5.41) is 0. The summed E-state index contributed by atoms with van der Waals surface area (Å²) in [4.78, 5) is 0. The molecule has 4 heteroatoms. The first kappa shape index (κ1) is 17.9. The predicted octanol–water partition coefficient (Wildman–Crippen LogP) is 2.57. The Labute approximate surface area is 128 Å². The minimum atomic E-state index is 0.314. The van der Waals surface area contributed by atoms with Crippen LogP contribution in [0.3, 0.4) is 0 Å². The Morgan fingerprint density at radius 2 is 2.33 bits per heavy atom. The molecule has 0 fully saturated rings. The Balaban J connectivity index is 2.17. The third-order valence-electron chi connectivity index (χ3n) is 3.19. The smallest absolute Gasteiger partial charge is 0.0940 e. The van der Waals surface area contributed by atoms with Crippen LogP contribution in [0, 0.1) is 0 Å². The second-order valence-corrected chi connectivity index (χ2v) is 5.31. The topological polar surface area (TPSA) is 59.3 Å². The number of rotatable bonds is 10. The Kier molecular flexibility index (Phi) is 9.74. The lowest BCUT2D eigenvalue weighted by atomic mass is 10.1. The van der Waals surface area contributed by atoms with Crippen molar-refractivity contribution in [1.82, 2.24) is 10.9 Å². The molecule has 4 N–H and O–H groups in total. The molecule has 1 unspecified atom stereocenters. The number of hydrazine groups is 1. The molecule has 1 aliphatic rings. The van der Waals surface area contributed by atoms with Crippen molar-refractivity contribution in [3.8, 4) is 0 Å². The largest absolute Gasteiger partial charge is 0.367 e. The minimum absolute atomic E-state index is 0.314. The molecule has 0 saturated heterocycles. The molecule has 0 aromatic rings. The van der Waals surface area contributed by atoms with Crippen LogP contribution in [-0.4, -0.2) is 25.9 Å².